The second kappa shape index (κ2) is 6.57. The van der Waals surface area contributed by atoms with Crippen LogP contribution in [0.5, 0.6) is 0 Å². The van der Waals surface area contributed by atoms with E-state index in [1.54, 1.807) is 19.0 Å². The van der Waals surface area contributed by atoms with Gasteiger partial charge in [-0.2, -0.15) is 0 Å². The van der Waals surface area contributed by atoms with Gasteiger partial charge in [-0.05, 0) is 29.8 Å². The van der Waals surface area contributed by atoms with Crippen molar-refractivity contribution < 1.29 is 4.79 Å². The predicted octanol–water partition coefficient (Wildman–Crippen LogP) is 3.69. The van der Waals surface area contributed by atoms with E-state index in [-0.39, 0.29) is 11.9 Å². The normalized spacial score (nSPS) is 11.8. The summed E-state index contributed by atoms with van der Waals surface area (Å²) < 4.78 is 1.01. The van der Waals surface area contributed by atoms with E-state index >= 15 is 0 Å². The molecule has 104 valence electrons. The van der Waals surface area contributed by atoms with Gasteiger partial charge in [0.1, 0.15) is 6.04 Å². The van der Waals surface area contributed by atoms with E-state index in [0.29, 0.717) is 0 Å². The molecule has 0 saturated carbocycles. The number of nitrogens with one attached hydrogen (secondary N) is 1. The zero-order valence-corrected chi connectivity index (χ0v) is 13.1. The summed E-state index contributed by atoms with van der Waals surface area (Å²) >= 11 is 3.41. The van der Waals surface area contributed by atoms with Gasteiger partial charge in [0.25, 0.3) is 0 Å². The lowest BCUT2D eigenvalue weighted by atomic mass is 10.1. The molecular weight excluding hydrogens is 316 g/mol. The van der Waals surface area contributed by atoms with Crippen molar-refractivity contribution in [3.8, 4) is 0 Å². The third-order valence-corrected chi connectivity index (χ3v) is 3.50. The number of amides is 1. The number of likely N-dealkylation sites (N-methyl/N-ethyl adjacent to an activating group) is 1. The van der Waals surface area contributed by atoms with Gasteiger partial charge in [-0.15, -0.1) is 0 Å². The Bertz CT molecular complexity index is 567. The monoisotopic (exact) mass is 332 g/mol. The number of rotatable bonds is 4. The first kappa shape index (κ1) is 14.6. The van der Waals surface area contributed by atoms with Crippen LogP contribution >= 0.6 is 15.9 Å². The highest BCUT2D eigenvalue weighted by Crippen LogP contribution is 2.22. The largest absolute Gasteiger partial charge is 0.370 e. The van der Waals surface area contributed by atoms with Gasteiger partial charge in [-0.3, -0.25) is 4.79 Å². The van der Waals surface area contributed by atoms with Crippen LogP contribution in [0.3, 0.4) is 0 Å². The fraction of sp³-hybridized carbons (Fsp3) is 0.188. The van der Waals surface area contributed by atoms with Crippen molar-refractivity contribution >= 4 is 27.5 Å². The molecule has 4 heteroatoms. The van der Waals surface area contributed by atoms with Gasteiger partial charge < -0.3 is 10.2 Å². The molecular formula is C16H17BrN2O. The van der Waals surface area contributed by atoms with Crippen molar-refractivity contribution in [1.82, 2.24) is 4.90 Å². The second-order valence-corrected chi connectivity index (χ2v) is 5.64. The number of hydrogen-bond donors (Lipinski definition) is 1. The molecule has 0 fully saturated rings. The number of hydrogen-bond acceptors (Lipinski definition) is 2. The minimum absolute atomic E-state index is 0.0270. The lowest BCUT2D eigenvalue weighted by molar-refractivity contribution is -0.129. The molecule has 0 radical (unpaired) electrons. The first-order valence-electron chi connectivity index (χ1n) is 6.36. The van der Waals surface area contributed by atoms with Gasteiger partial charge in [-0.25, -0.2) is 0 Å². The van der Waals surface area contributed by atoms with Crippen molar-refractivity contribution in [2.75, 3.05) is 19.4 Å². The molecule has 0 aliphatic rings. The van der Waals surface area contributed by atoms with E-state index in [0.717, 1.165) is 15.7 Å². The quantitative estimate of drug-likeness (QED) is 0.925. The number of benzene rings is 2. The van der Waals surface area contributed by atoms with E-state index in [1.165, 1.54) is 0 Å². The summed E-state index contributed by atoms with van der Waals surface area (Å²) in [6.07, 6.45) is 0. The van der Waals surface area contributed by atoms with Gasteiger partial charge in [0, 0.05) is 24.3 Å². The van der Waals surface area contributed by atoms with Gasteiger partial charge in [-0.1, -0.05) is 46.3 Å². The number of nitrogens with zero attached hydrogens (tertiary/aromatic N) is 1. The summed E-state index contributed by atoms with van der Waals surface area (Å²) in [6, 6.07) is 17.1. The Hall–Kier alpha value is -1.81. The van der Waals surface area contributed by atoms with E-state index in [4.69, 9.17) is 0 Å². The van der Waals surface area contributed by atoms with Crippen molar-refractivity contribution in [2.24, 2.45) is 0 Å². The predicted molar refractivity (Wildman–Crippen MR) is 85.6 cm³/mol. The molecule has 2 aromatic carbocycles. The van der Waals surface area contributed by atoms with Gasteiger partial charge in [0.15, 0.2) is 0 Å². The minimum Gasteiger partial charge on any atom is -0.370 e. The van der Waals surface area contributed by atoms with Crippen molar-refractivity contribution in [3.63, 3.8) is 0 Å². The lowest BCUT2D eigenvalue weighted by Crippen LogP contribution is -2.32. The highest BCUT2D eigenvalue weighted by atomic mass is 79.9. The summed E-state index contributed by atoms with van der Waals surface area (Å²) in [6.45, 7) is 0. The standard InChI is InChI=1S/C16H17BrN2O/c1-19(2)16(20)15(12-6-4-3-5-7-12)18-14-10-8-13(17)9-11-14/h3-11,15,18H,1-2H3/t15-/m1/s1. The molecule has 1 amide bonds. The number of anilines is 1. The Balaban J connectivity index is 2.28. The fourth-order valence-corrected chi connectivity index (χ4v) is 2.17. The third-order valence-electron chi connectivity index (χ3n) is 2.98. The van der Waals surface area contributed by atoms with Crippen molar-refractivity contribution in [2.45, 2.75) is 6.04 Å². The van der Waals surface area contributed by atoms with Crippen LogP contribution in [0.2, 0.25) is 0 Å². The van der Waals surface area contributed by atoms with E-state index in [9.17, 15) is 4.79 Å². The van der Waals surface area contributed by atoms with Crippen LogP contribution in [-0.2, 0) is 4.79 Å². The number of carbonyl (C=O) groups is 1. The average molecular weight is 333 g/mol. The third kappa shape index (κ3) is 3.61. The first-order valence-corrected chi connectivity index (χ1v) is 7.15. The Morgan fingerprint density at radius 1 is 1.05 bits per heavy atom. The maximum absolute atomic E-state index is 12.4. The summed E-state index contributed by atoms with van der Waals surface area (Å²) in [5.41, 5.74) is 1.87. The Morgan fingerprint density at radius 2 is 1.65 bits per heavy atom. The zero-order chi connectivity index (χ0) is 14.5. The molecule has 2 aromatic rings. The Kier molecular flexibility index (Phi) is 4.79. The minimum atomic E-state index is -0.382. The van der Waals surface area contributed by atoms with Gasteiger partial charge in [0.05, 0.1) is 0 Å². The fourth-order valence-electron chi connectivity index (χ4n) is 1.90. The highest BCUT2D eigenvalue weighted by molar-refractivity contribution is 9.10. The molecule has 1 N–H and O–H groups in total. The molecule has 2 rings (SSSR count). The molecule has 0 aliphatic carbocycles. The molecule has 3 nitrogen and oxygen atoms in total. The van der Waals surface area contributed by atoms with Gasteiger partial charge >= 0.3 is 0 Å². The van der Waals surface area contributed by atoms with Crippen LogP contribution in [-0.4, -0.2) is 24.9 Å². The molecule has 0 bridgehead atoms. The Morgan fingerprint density at radius 3 is 2.20 bits per heavy atom. The topological polar surface area (TPSA) is 32.3 Å². The highest BCUT2D eigenvalue weighted by Gasteiger charge is 2.21. The maximum atomic E-state index is 12.4. The van der Waals surface area contributed by atoms with Crippen LogP contribution in [0.25, 0.3) is 0 Å². The maximum Gasteiger partial charge on any atom is 0.249 e. The van der Waals surface area contributed by atoms with Crippen LogP contribution in [0, 0.1) is 0 Å². The first-order chi connectivity index (χ1) is 9.58. The molecule has 0 heterocycles. The van der Waals surface area contributed by atoms with Crippen LogP contribution < -0.4 is 5.32 Å². The lowest BCUT2D eigenvalue weighted by Gasteiger charge is -2.23. The summed E-state index contributed by atoms with van der Waals surface area (Å²) in [5.74, 6) is 0.0270. The zero-order valence-electron chi connectivity index (χ0n) is 11.5. The van der Waals surface area contributed by atoms with E-state index in [2.05, 4.69) is 21.2 Å². The molecule has 0 saturated heterocycles. The SMILES string of the molecule is CN(C)C(=O)[C@H](Nc1ccc(Br)cc1)c1ccccc1. The van der Waals surface area contributed by atoms with E-state index < -0.39 is 0 Å². The van der Waals surface area contributed by atoms with Gasteiger partial charge in [0.2, 0.25) is 5.91 Å². The second-order valence-electron chi connectivity index (χ2n) is 4.73. The molecule has 1 atom stereocenters. The average Bonchev–Trinajstić information content (AvgIpc) is 2.47. The summed E-state index contributed by atoms with van der Waals surface area (Å²) in [4.78, 5) is 14.0. The molecule has 0 unspecified atom stereocenters. The smallest absolute Gasteiger partial charge is 0.249 e. The molecule has 0 aliphatic heterocycles. The summed E-state index contributed by atoms with van der Waals surface area (Å²) in [7, 11) is 3.53. The Labute approximate surface area is 127 Å². The summed E-state index contributed by atoms with van der Waals surface area (Å²) in [5, 5.41) is 3.29. The van der Waals surface area contributed by atoms with Crippen LogP contribution in [0.15, 0.2) is 59.1 Å². The van der Waals surface area contributed by atoms with Crippen molar-refractivity contribution in [3.05, 3.63) is 64.6 Å². The molecule has 20 heavy (non-hydrogen) atoms. The number of carbonyl (C=O) groups excluding carboxylic acids is 1. The van der Waals surface area contributed by atoms with E-state index in [1.807, 2.05) is 54.6 Å². The van der Waals surface area contributed by atoms with Crippen LogP contribution in [0.1, 0.15) is 11.6 Å². The van der Waals surface area contributed by atoms with Crippen molar-refractivity contribution in [1.29, 1.82) is 0 Å². The molecule has 0 aromatic heterocycles. The number of halogens is 1. The molecule has 0 spiro atoms. The van der Waals surface area contributed by atoms with Crippen LogP contribution in [0.4, 0.5) is 5.69 Å².